The molecule has 0 fully saturated rings. The van der Waals surface area contributed by atoms with E-state index in [9.17, 15) is 0 Å². The molecule has 0 spiro atoms. The molecule has 2 aromatic rings. The fraction of sp³-hybridized carbons (Fsp3) is 0.222. The van der Waals surface area contributed by atoms with Gasteiger partial charge in [0.05, 0.1) is 5.52 Å². The third kappa shape index (κ3) is 1.46. The molecule has 72 valence electrons. The Morgan fingerprint density at radius 1 is 1.36 bits per heavy atom. The first kappa shape index (κ1) is 9.08. The van der Waals surface area contributed by atoms with Crippen molar-refractivity contribution in [2.75, 3.05) is 12.4 Å². The van der Waals surface area contributed by atoms with Crippen molar-refractivity contribution >= 4 is 29.2 Å². The van der Waals surface area contributed by atoms with Crippen LogP contribution in [0.4, 0.5) is 5.95 Å². The van der Waals surface area contributed by atoms with Crippen molar-refractivity contribution < 1.29 is 0 Å². The normalized spacial score (nSPS) is 10.4. The Balaban J connectivity index is 2.83. The Labute approximate surface area is 86.4 Å². The summed E-state index contributed by atoms with van der Waals surface area (Å²) in [5.74, 6) is 0.660. The van der Waals surface area contributed by atoms with E-state index in [0.29, 0.717) is 10.6 Å². The third-order valence-electron chi connectivity index (χ3n) is 1.94. The summed E-state index contributed by atoms with van der Waals surface area (Å²) < 4.78 is 0.520. The van der Waals surface area contributed by atoms with E-state index in [4.69, 9.17) is 12.2 Å². The Hall–Kier alpha value is -1.49. The van der Waals surface area contributed by atoms with Crippen LogP contribution in [0.1, 0.15) is 5.69 Å². The average Bonchev–Trinajstić information content (AvgIpc) is 2.19. The summed E-state index contributed by atoms with van der Waals surface area (Å²) in [5, 5.41) is 2.91. The van der Waals surface area contributed by atoms with E-state index in [1.54, 1.807) is 7.05 Å². The van der Waals surface area contributed by atoms with Crippen molar-refractivity contribution in [1.82, 2.24) is 15.0 Å². The van der Waals surface area contributed by atoms with Gasteiger partial charge in [-0.3, -0.25) is 0 Å². The molecule has 4 nitrogen and oxygen atoms in total. The Bertz CT molecular complexity index is 532. The van der Waals surface area contributed by atoms with Gasteiger partial charge in [0.1, 0.15) is 5.52 Å². The molecule has 2 N–H and O–H groups in total. The van der Waals surface area contributed by atoms with E-state index < -0.39 is 0 Å². The van der Waals surface area contributed by atoms with Crippen LogP contribution in [0.15, 0.2) is 12.1 Å². The molecule has 0 aromatic carbocycles. The number of rotatable bonds is 1. The lowest BCUT2D eigenvalue weighted by Crippen LogP contribution is -1.98. The maximum Gasteiger partial charge on any atom is 0.201 e. The van der Waals surface area contributed by atoms with E-state index in [-0.39, 0.29) is 0 Å². The van der Waals surface area contributed by atoms with Crippen LogP contribution in [0.3, 0.4) is 0 Å². The maximum atomic E-state index is 5.13. The minimum atomic E-state index is 0.520. The van der Waals surface area contributed by atoms with Crippen LogP contribution in [-0.2, 0) is 0 Å². The second kappa shape index (κ2) is 3.34. The predicted octanol–water partition coefficient (Wildman–Crippen LogP) is 2.04. The number of hydrogen-bond acceptors (Lipinski definition) is 4. The van der Waals surface area contributed by atoms with Crippen molar-refractivity contribution in [2.45, 2.75) is 6.92 Å². The van der Waals surface area contributed by atoms with E-state index in [2.05, 4.69) is 20.3 Å². The number of hydrogen-bond donors (Lipinski definition) is 2. The Morgan fingerprint density at radius 3 is 2.86 bits per heavy atom. The molecule has 0 unspecified atom stereocenters. The van der Waals surface area contributed by atoms with Crippen molar-refractivity contribution in [1.29, 1.82) is 0 Å². The second-order valence-corrected chi connectivity index (χ2v) is 3.38. The molecule has 0 radical (unpaired) electrons. The molecule has 0 saturated heterocycles. The van der Waals surface area contributed by atoms with Crippen LogP contribution in [0.25, 0.3) is 11.0 Å². The molecular formula is C9H10N4S. The molecule has 5 heteroatoms. The van der Waals surface area contributed by atoms with Gasteiger partial charge in [-0.1, -0.05) is 12.2 Å². The molecule has 0 atom stereocenters. The van der Waals surface area contributed by atoms with E-state index in [1.807, 2.05) is 19.1 Å². The first-order valence-electron chi connectivity index (χ1n) is 4.26. The second-order valence-electron chi connectivity index (χ2n) is 2.99. The number of nitrogens with zero attached hydrogens (tertiary/aromatic N) is 2. The smallest absolute Gasteiger partial charge is 0.201 e. The molecule has 0 aliphatic carbocycles. The molecule has 0 bridgehead atoms. The van der Waals surface area contributed by atoms with Crippen molar-refractivity contribution in [3.63, 3.8) is 0 Å². The van der Waals surface area contributed by atoms with Crippen LogP contribution in [-0.4, -0.2) is 22.0 Å². The monoisotopic (exact) mass is 206 g/mol. The van der Waals surface area contributed by atoms with Crippen LogP contribution >= 0.6 is 12.2 Å². The molecule has 2 rings (SSSR count). The first-order chi connectivity index (χ1) is 6.70. The summed E-state index contributed by atoms with van der Waals surface area (Å²) in [4.78, 5) is 11.6. The van der Waals surface area contributed by atoms with Gasteiger partial charge in [-0.2, -0.15) is 0 Å². The molecule has 0 aliphatic heterocycles. The van der Waals surface area contributed by atoms with Gasteiger partial charge in [-0.05, 0) is 19.1 Å². The lowest BCUT2D eigenvalue weighted by molar-refractivity contribution is 1.14. The first-order valence-corrected chi connectivity index (χ1v) is 4.67. The van der Waals surface area contributed by atoms with Gasteiger partial charge in [0.15, 0.2) is 4.64 Å². The molecule has 14 heavy (non-hydrogen) atoms. The van der Waals surface area contributed by atoms with Gasteiger partial charge in [-0.25, -0.2) is 9.97 Å². The van der Waals surface area contributed by atoms with Gasteiger partial charge in [0.2, 0.25) is 5.95 Å². The topological polar surface area (TPSA) is 53.6 Å². The van der Waals surface area contributed by atoms with Crippen LogP contribution in [0.5, 0.6) is 0 Å². The highest BCUT2D eigenvalue weighted by Gasteiger charge is 2.00. The fourth-order valence-corrected chi connectivity index (χ4v) is 1.50. The highest BCUT2D eigenvalue weighted by Crippen LogP contribution is 2.12. The summed E-state index contributed by atoms with van der Waals surface area (Å²) in [6, 6.07) is 3.89. The largest absolute Gasteiger partial charge is 0.359 e. The minimum absolute atomic E-state index is 0.520. The number of pyridine rings is 1. The maximum absolute atomic E-state index is 5.13. The number of fused-ring (bicyclic) bond motifs is 1. The Kier molecular flexibility index (Phi) is 2.17. The standard InChI is InChI=1S/C9H10N4S/c1-5-3-4-6-7(11-5)8(14)13-9(10-2)12-6/h3-4H,1-2H3,(H2,10,12,13,14). The summed E-state index contributed by atoms with van der Waals surface area (Å²) >= 11 is 5.13. The number of anilines is 1. The number of H-pyrrole nitrogens is 1. The summed E-state index contributed by atoms with van der Waals surface area (Å²) in [6.07, 6.45) is 0. The van der Waals surface area contributed by atoms with Gasteiger partial charge in [-0.15, -0.1) is 0 Å². The molecule has 0 saturated carbocycles. The van der Waals surface area contributed by atoms with Gasteiger partial charge in [0.25, 0.3) is 0 Å². The Morgan fingerprint density at radius 2 is 2.14 bits per heavy atom. The number of aryl methyl sites for hydroxylation is 1. The van der Waals surface area contributed by atoms with Crippen molar-refractivity contribution in [3.05, 3.63) is 22.5 Å². The van der Waals surface area contributed by atoms with Gasteiger partial charge >= 0.3 is 0 Å². The van der Waals surface area contributed by atoms with E-state index in [1.165, 1.54) is 0 Å². The lowest BCUT2D eigenvalue weighted by Gasteiger charge is -2.02. The highest BCUT2D eigenvalue weighted by molar-refractivity contribution is 7.71. The van der Waals surface area contributed by atoms with Crippen molar-refractivity contribution in [2.24, 2.45) is 0 Å². The highest BCUT2D eigenvalue weighted by atomic mass is 32.1. The van der Waals surface area contributed by atoms with Crippen molar-refractivity contribution in [3.8, 4) is 0 Å². The van der Waals surface area contributed by atoms with E-state index in [0.717, 1.165) is 16.7 Å². The molecular weight excluding hydrogens is 196 g/mol. The average molecular weight is 206 g/mol. The molecule has 2 aromatic heterocycles. The van der Waals surface area contributed by atoms with Crippen LogP contribution < -0.4 is 5.32 Å². The summed E-state index contributed by atoms with van der Waals surface area (Å²) in [5.41, 5.74) is 2.59. The zero-order chi connectivity index (χ0) is 10.1. The minimum Gasteiger partial charge on any atom is -0.359 e. The third-order valence-corrected chi connectivity index (χ3v) is 2.22. The van der Waals surface area contributed by atoms with Gasteiger partial charge in [0, 0.05) is 12.7 Å². The van der Waals surface area contributed by atoms with Crippen LogP contribution in [0, 0.1) is 11.6 Å². The van der Waals surface area contributed by atoms with Crippen LogP contribution in [0.2, 0.25) is 0 Å². The number of aromatic amines is 1. The summed E-state index contributed by atoms with van der Waals surface area (Å²) in [7, 11) is 1.79. The molecule has 0 aliphatic rings. The zero-order valence-corrected chi connectivity index (χ0v) is 8.77. The molecule has 0 amide bonds. The quantitative estimate of drug-likeness (QED) is 0.701. The van der Waals surface area contributed by atoms with Gasteiger partial charge < -0.3 is 10.3 Å². The predicted molar refractivity (Wildman–Crippen MR) is 59.0 cm³/mol. The SMILES string of the molecule is CNc1nc(=S)c2nc(C)ccc2[nH]1. The van der Waals surface area contributed by atoms with E-state index >= 15 is 0 Å². The lowest BCUT2D eigenvalue weighted by atomic mass is 10.3. The summed E-state index contributed by atoms with van der Waals surface area (Å²) in [6.45, 7) is 1.93. The number of aromatic nitrogens is 3. The number of nitrogens with one attached hydrogen (secondary N) is 2. The zero-order valence-electron chi connectivity index (χ0n) is 7.96. The molecule has 2 heterocycles. The fourth-order valence-electron chi connectivity index (χ4n) is 1.25.